The molecule has 0 amide bonds. The Bertz CT molecular complexity index is 397. The Morgan fingerprint density at radius 2 is 2.12 bits per heavy atom. The van der Waals surface area contributed by atoms with E-state index in [0.717, 1.165) is 30.5 Å². The highest BCUT2D eigenvalue weighted by molar-refractivity contribution is 5.76. The van der Waals surface area contributed by atoms with Gasteiger partial charge in [-0.2, -0.15) is 0 Å². The molecule has 3 nitrogen and oxygen atoms in total. The number of hydrogen-bond donors (Lipinski definition) is 2. The zero-order valence-corrected chi connectivity index (χ0v) is 9.49. The second kappa shape index (κ2) is 4.16. The Hall–Kier alpha value is -1.51. The quantitative estimate of drug-likeness (QED) is 0.818. The minimum absolute atomic E-state index is 0.526. The molecule has 0 saturated heterocycles. The van der Waals surface area contributed by atoms with Gasteiger partial charge in [-0.3, -0.25) is 4.79 Å². The van der Waals surface area contributed by atoms with Gasteiger partial charge in [-0.15, -0.1) is 0 Å². The van der Waals surface area contributed by atoms with Crippen LogP contribution in [0, 0.1) is 12.3 Å². The summed E-state index contributed by atoms with van der Waals surface area (Å²) in [5.74, 6) is -0.667. The molecule has 0 radical (unpaired) electrons. The van der Waals surface area contributed by atoms with Crippen molar-refractivity contribution in [3.8, 4) is 0 Å². The van der Waals surface area contributed by atoms with Crippen molar-refractivity contribution in [3.05, 3.63) is 29.8 Å². The molecular weight excluding hydrogens is 202 g/mol. The standard InChI is InChI=1S/C13H17NO2/c1-10-5-2-3-6-11(10)14-9-13(12(15)16)7-4-8-13/h2-3,5-6,14H,4,7-9H2,1H3,(H,15,16). The van der Waals surface area contributed by atoms with E-state index in [0.29, 0.717) is 6.54 Å². The van der Waals surface area contributed by atoms with Gasteiger partial charge in [0.1, 0.15) is 0 Å². The monoisotopic (exact) mass is 219 g/mol. The molecule has 1 aliphatic rings. The van der Waals surface area contributed by atoms with Crippen LogP contribution in [-0.4, -0.2) is 17.6 Å². The Balaban J connectivity index is 2.02. The summed E-state index contributed by atoms with van der Waals surface area (Å²) in [6.07, 6.45) is 2.62. The van der Waals surface area contributed by atoms with Crippen LogP contribution in [-0.2, 0) is 4.79 Å². The van der Waals surface area contributed by atoms with Crippen molar-refractivity contribution in [2.45, 2.75) is 26.2 Å². The first-order valence-electron chi connectivity index (χ1n) is 5.67. The number of rotatable bonds is 4. The lowest BCUT2D eigenvalue weighted by Crippen LogP contribution is -2.43. The number of aryl methyl sites for hydroxylation is 1. The first-order valence-corrected chi connectivity index (χ1v) is 5.67. The number of carboxylic acid groups (broad SMARTS) is 1. The van der Waals surface area contributed by atoms with Gasteiger partial charge in [0.15, 0.2) is 0 Å². The second-order valence-electron chi connectivity index (χ2n) is 4.61. The Labute approximate surface area is 95.5 Å². The third-order valence-corrected chi connectivity index (χ3v) is 3.53. The average molecular weight is 219 g/mol. The predicted molar refractivity (Wildman–Crippen MR) is 63.6 cm³/mol. The molecule has 3 heteroatoms. The highest BCUT2D eigenvalue weighted by Crippen LogP contribution is 2.41. The minimum Gasteiger partial charge on any atom is -0.481 e. The van der Waals surface area contributed by atoms with Crippen LogP contribution in [0.3, 0.4) is 0 Å². The smallest absolute Gasteiger partial charge is 0.311 e. The minimum atomic E-state index is -0.667. The van der Waals surface area contributed by atoms with E-state index in [1.165, 1.54) is 0 Å². The lowest BCUT2D eigenvalue weighted by Gasteiger charge is -2.38. The maximum absolute atomic E-state index is 11.2. The zero-order chi connectivity index (χ0) is 11.6. The van der Waals surface area contributed by atoms with Crippen LogP contribution >= 0.6 is 0 Å². The van der Waals surface area contributed by atoms with Gasteiger partial charge in [0.25, 0.3) is 0 Å². The van der Waals surface area contributed by atoms with Crippen LogP contribution < -0.4 is 5.32 Å². The lowest BCUT2D eigenvalue weighted by atomic mass is 9.69. The molecule has 0 aliphatic heterocycles. The van der Waals surface area contributed by atoms with E-state index in [9.17, 15) is 9.90 Å². The molecule has 0 unspecified atom stereocenters. The number of hydrogen-bond acceptors (Lipinski definition) is 2. The largest absolute Gasteiger partial charge is 0.481 e. The number of para-hydroxylation sites is 1. The fourth-order valence-electron chi connectivity index (χ4n) is 2.11. The van der Waals surface area contributed by atoms with E-state index in [2.05, 4.69) is 5.32 Å². The van der Waals surface area contributed by atoms with Crippen LogP contribution in [0.1, 0.15) is 24.8 Å². The van der Waals surface area contributed by atoms with Crippen molar-refractivity contribution in [3.63, 3.8) is 0 Å². The SMILES string of the molecule is Cc1ccccc1NCC1(C(=O)O)CCC1. The molecule has 16 heavy (non-hydrogen) atoms. The van der Waals surface area contributed by atoms with E-state index in [1.54, 1.807) is 0 Å². The Morgan fingerprint density at radius 3 is 2.62 bits per heavy atom. The predicted octanol–water partition coefficient (Wildman–Crippen LogP) is 2.66. The normalized spacial score (nSPS) is 17.6. The van der Waals surface area contributed by atoms with Gasteiger partial charge in [0, 0.05) is 12.2 Å². The Morgan fingerprint density at radius 1 is 1.44 bits per heavy atom. The topological polar surface area (TPSA) is 49.3 Å². The average Bonchev–Trinajstić information content (AvgIpc) is 2.18. The Kier molecular flexibility index (Phi) is 2.86. The summed E-state index contributed by atoms with van der Waals surface area (Å²) in [6, 6.07) is 7.96. The second-order valence-corrected chi connectivity index (χ2v) is 4.61. The van der Waals surface area contributed by atoms with E-state index in [4.69, 9.17) is 0 Å². The first kappa shape index (κ1) is 11.0. The van der Waals surface area contributed by atoms with Crippen molar-refractivity contribution in [2.75, 3.05) is 11.9 Å². The molecule has 2 N–H and O–H groups in total. The summed E-state index contributed by atoms with van der Waals surface area (Å²) in [5, 5.41) is 12.4. The lowest BCUT2D eigenvalue weighted by molar-refractivity contribution is -0.153. The summed E-state index contributed by atoms with van der Waals surface area (Å²) >= 11 is 0. The molecule has 1 aromatic rings. The van der Waals surface area contributed by atoms with Gasteiger partial charge in [-0.25, -0.2) is 0 Å². The van der Waals surface area contributed by atoms with Crippen LogP contribution in [0.5, 0.6) is 0 Å². The first-order chi connectivity index (χ1) is 7.64. The molecule has 1 saturated carbocycles. The number of benzene rings is 1. The summed E-state index contributed by atoms with van der Waals surface area (Å²) in [6.45, 7) is 2.56. The highest BCUT2D eigenvalue weighted by atomic mass is 16.4. The molecule has 0 spiro atoms. The number of carbonyl (C=O) groups is 1. The van der Waals surface area contributed by atoms with Gasteiger partial charge >= 0.3 is 5.97 Å². The van der Waals surface area contributed by atoms with E-state index >= 15 is 0 Å². The van der Waals surface area contributed by atoms with Crippen molar-refractivity contribution in [2.24, 2.45) is 5.41 Å². The molecule has 0 bridgehead atoms. The molecule has 2 rings (SSSR count). The third-order valence-electron chi connectivity index (χ3n) is 3.53. The number of carboxylic acids is 1. The van der Waals surface area contributed by atoms with Crippen LogP contribution in [0.15, 0.2) is 24.3 Å². The summed E-state index contributed by atoms with van der Waals surface area (Å²) in [7, 11) is 0. The van der Waals surface area contributed by atoms with Gasteiger partial charge in [-0.1, -0.05) is 24.6 Å². The summed E-state index contributed by atoms with van der Waals surface area (Å²) < 4.78 is 0. The third kappa shape index (κ3) is 1.90. The maximum Gasteiger partial charge on any atom is 0.311 e. The molecule has 1 aromatic carbocycles. The molecule has 86 valence electrons. The van der Waals surface area contributed by atoms with Gasteiger partial charge in [0.2, 0.25) is 0 Å². The highest BCUT2D eigenvalue weighted by Gasteiger charge is 2.44. The summed E-state index contributed by atoms with van der Waals surface area (Å²) in [5.41, 5.74) is 1.67. The molecule has 1 aliphatic carbocycles. The van der Waals surface area contributed by atoms with Crippen molar-refractivity contribution in [1.29, 1.82) is 0 Å². The van der Waals surface area contributed by atoms with Gasteiger partial charge in [-0.05, 0) is 31.4 Å². The summed E-state index contributed by atoms with van der Waals surface area (Å²) in [4.78, 5) is 11.2. The number of nitrogens with one attached hydrogen (secondary N) is 1. The van der Waals surface area contributed by atoms with Crippen LogP contribution in [0.25, 0.3) is 0 Å². The van der Waals surface area contributed by atoms with E-state index < -0.39 is 11.4 Å². The van der Waals surface area contributed by atoms with Gasteiger partial charge in [0.05, 0.1) is 5.41 Å². The zero-order valence-electron chi connectivity index (χ0n) is 9.49. The molecule has 1 fully saturated rings. The van der Waals surface area contributed by atoms with E-state index in [1.807, 2.05) is 31.2 Å². The van der Waals surface area contributed by atoms with Crippen LogP contribution in [0.2, 0.25) is 0 Å². The van der Waals surface area contributed by atoms with Crippen molar-refractivity contribution < 1.29 is 9.90 Å². The molecule has 0 heterocycles. The molecule has 0 aromatic heterocycles. The van der Waals surface area contributed by atoms with E-state index in [-0.39, 0.29) is 0 Å². The maximum atomic E-state index is 11.2. The molecular formula is C13H17NO2. The van der Waals surface area contributed by atoms with Crippen molar-refractivity contribution >= 4 is 11.7 Å². The van der Waals surface area contributed by atoms with Crippen molar-refractivity contribution in [1.82, 2.24) is 0 Å². The fourth-order valence-corrected chi connectivity index (χ4v) is 2.11. The number of anilines is 1. The number of aliphatic carboxylic acids is 1. The van der Waals surface area contributed by atoms with Gasteiger partial charge < -0.3 is 10.4 Å². The fraction of sp³-hybridized carbons (Fsp3) is 0.462. The molecule has 0 atom stereocenters. The van der Waals surface area contributed by atoms with Crippen LogP contribution in [0.4, 0.5) is 5.69 Å².